The predicted molar refractivity (Wildman–Crippen MR) is 71.4 cm³/mol. The lowest BCUT2D eigenvalue weighted by Crippen LogP contribution is -2.05. The van der Waals surface area contributed by atoms with Crippen molar-refractivity contribution in [3.05, 3.63) is 35.8 Å². The van der Waals surface area contributed by atoms with Gasteiger partial charge in [-0.2, -0.15) is 4.98 Å². The molecule has 100 valence electrons. The van der Waals surface area contributed by atoms with E-state index in [4.69, 9.17) is 9.47 Å². The monoisotopic (exact) mass is 260 g/mol. The van der Waals surface area contributed by atoms with E-state index in [1.165, 1.54) is 0 Å². The lowest BCUT2D eigenvalue weighted by atomic mass is 10.2. The van der Waals surface area contributed by atoms with Gasteiger partial charge < -0.3 is 14.8 Å². The van der Waals surface area contributed by atoms with Crippen molar-refractivity contribution in [3.8, 4) is 11.8 Å². The standard InChI is InChI=1S/C13H16N4O2/c1-9-16-11(7-12(17-9)18-2)15-8-10-5-4-6-14-13(10)19-3/h4-7H,8H2,1-3H3,(H,15,16,17). The van der Waals surface area contributed by atoms with Crippen molar-refractivity contribution in [2.45, 2.75) is 13.5 Å². The fraction of sp³-hybridized carbons (Fsp3) is 0.308. The summed E-state index contributed by atoms with van der Waals surface area (Å²) in [6.45, 7) is 2.38. The summed E-state index contributed by atoms with van der Waals surface area (Å²) in [5, 5.41) is 3.20. The van der Waals surface area contributed by atoms with E-state index in [1.54, 1.807) is 26.5 Å². The zero-order valence-electron chi connectivity index (χ0n) is 11.2. The molecule has 0 bridgehead atoms. The molecule has 0 fully saturated rings. The molecule has 0 aliphatic carbocycles. The van der Waals surface area contributed by atoms with Crippen molar-refractivity contribution in [2.75, 3.05) is 19.5 Å². The summed E-state index contributed by atoms with van der Waals surface area (Å²) in [6.07, 6.45) is 1.69. The van der Waals surface area contributed by atoms with E-state index < -0.39 is 0 Å². The van der Waals surface area contributed by atoms with Crippen LogP contribution in [0.25, 0.3) is 0 Å². The first kappa shape index (κ1) is 13.1. The van der Waals surface area contributed by atoms with Gasteiger partial charge in [-0.15, -0.1) is 0 Å². The van der Waals surface area contributed by atoms with Gasteiger partial charge in [-0.25, -0.2) is 9.97 Å². The van der Waals surface area contributed by atoms with Crippen molar-refractivity contribution in [1.29, 1.82) is 0 Å². The zero-order chi connectivity index (χ0) is 13.7. The smallest absolute Gasteiger partial charge is 0.218 e. The molecule has 6 heteroatoms. The minimum Gasteiger partial charge on any atom is -0.481 e. The van der Waals surface area contributed by atoms with Crippen molar-refractivity contribution >= 4 is 5.82 Å². The van der Waals surface area contributed by atoms with E-state index >= 15 is 0 Å². The number of rotatable bonds is 5. The van der Waals surface area contributed by atoms with Crippen LogP contribution in [0.4, 0.5) is 5.82 Å². The molecular weight excluding hydrogens is 244 g/mol. The number of aryl methyl sites for hydroxylation is 1. The largest absolute Gasteiger partial charge is 0.481 e. The van der Waals surface area contributed by atoms with Crippen molar-refractivity contribution in [2.24, 2.45) is 0 Å². The number of nitrogens with one attached hydrogen (secondary N) is 1. The van der Waals surface area contributed by atoms with Crippen LogP contribution in [0.5, 0.6) is 11.8 Å². The van der Waals surface area contributed by atoms with Crippen LogP contribution in [-0.2, 0) is 6.54 Å². The molecule has 6 nitrogen and oxygen atoms in total. The Morgan fingerprint density at radius 1 is 1.21 bits per heavy atom. The maximum absolute atomic E-state index is 5.19. The number of anilines is 1. The summed E-state index contributed by atoms with van der Waals surface area (Å²) in [7, 11) is 3.18. The van der Waals surface area contributed by atoms with Gasteiger partial charge in [0.1, 0.15) is 11.6 Å². The Labute approximate surface area is 111 Å². The van der Waals surface area contributed by atoms with Crippen LogP contribution in [-0.4, -0.2) is 29.2 Å². The third kappa shape index (κ3) is 3.31. The number of aromatic nitrogens is 3. The SMILES string of the molecule is COc1cc(NCc2cccnc2OC)nc(C)n1. The van der Waals surface area contributed by atoms with Crippen LogP contribution in [0.15, 0.2) is 24.4 Å². The van der Waals surface area contributed by atoms with E-state index in [-0.39, 0.29) is 0 Å². The lowest BCUT2D eigenvalue weighted by molar-refractivity contribution is 0.393. The van der Waals surface area contributed by atoms with Gasteiger partial charge >= 0.3 is 0 Å². The molecule has 2 aromatic rings. The lowest BCUT2D eigenvalue weighted by Gasteiger charge is -2.10. The molecule has 2 aromatic heterocycles. The van der Waals surface area contributed by atoms with Gasteiger partial charge in [0, 0.05) is 24.4 Å². The molecule has 0 unspecified atom stereocenters. The molecule has 2 heterocycles. The molecule has 0 saturated carbocycles. The fourth-order valence-corrected chi connectivity index (χ4v) is 1.66. The van der Waals surface area contributed by atoms with E-state index in [1.807, 2.05) is 19.1 Å². The normalized spacial score (nSPS) is 10.1. The molecule has 0 atom stereocenters. The van der Waals surface area contributed by atoms with Crippen molar-refractivity contribution in [1.82, 2.24) is 15.0 Å². The van der Waals surface area contributed by atoms with Gasteiger partial charge in [0.2, 0.25) is 11.8 Å². The molecule has 0 amide bonds. The third-order valence-electron chi connectivity index (χ3n) is 2.53. The van der Waals surface area contributed by atoms with Gasteiger partial charge in [0.15, 0.2) is 0 Å². The molecule has 0 saturated heterocycles. The Morgan fingerprint density at radius 3 is 2.79 bits per heavy atom. The van der Waals surface area contributed by atoms with E-state index in [2.05, 4.69) is 20.3 Å². The Hall–Kier alpha value is -2.37. The second-order valence-electron chi connectivity index (χ2n) is 3.87. The number of nitrogens with zero attached hydrogens (tertiary/aromatic N) is 3. The van der Waals surface area contributed by atoms with Gasteiger partial charge in [0.25, 0.3) is 0 Å². The molecule has 0 aliphatic heterocycles. The summed E-state index contributed by atoms with van der Waals surface area (Å²) in [5.74, 6) is 2.50. The summed E-state index contributed by atoms with van der Waals surface area (Å²) in [4.78, 5) is 12.6. The van der Waals surface area contributed by atoms with E-state index in [9.17, 15) is 0 Å². The second-order valence-corrected chi connectivity index (χ2v) is 3.87. The van der Waals surface area contributed by atoms with Crippen LogP contribution in [0.2, 0.25) is 0 Å². The third-order valence-corrected chi connectivity index (χ3v) is 2.53. The van der Waals surface area contributed by atoms with Gasteiger partial charge in [-0.05, 0) is 13.0 Å². The Balaban J connectivity index is 2.12. The Kier molecular flexibility index (Phi) is 4.12. The minimum atomic E-state index is 0.535. The average Bonchev–Trinajstić information content (AvgIpc) is 2.44. The summed E-state index contributed by atoms with van der Waals surface area (Å²) in [5.41, 5.74) is 0.959. The highest BCUT2D eigenvalue weighted by molar-refractivity contribution is 5.40. The second kappa shape index (κ2) is 5.99. The van der Waals surface area contributed by atoms with Crippen molar-refractivity contribution in [3.63, 3.8) is 0 Å². The number of ether oxygens (including phenoxy) is 2. The molecule has 2 rings (SSSR count). The number of pyridine rings is 1. The average molecular weight is 260 g/mol. The molecule has 0 aliphatic rings. The highest BCUT2D eigenvalue weighted by Crippen LogP contribution is 2.17. The van der Waals surface area contributed by atoms with E-state index in [0.29, 0.717) is 29.9 Å². The van der Waals surface area contributed by atoms with Gasteiger partial charge in [0.05, 0.1) is 14.2 Å². The van der Waals surface area contributed by atoms with Crippen LogP contribution in [0.3, 0.4) is 0 Å². The molecule has 19 heavy (non-hydrogen) atoms. The van der Waals surface area contributed by atoms with Gasteiger partial charge in [-0.3, -0.25) is 0 Å². The summed E-state index contributed by atoms with van der Waals surface area (Å²) >= 11 is 0. The van der Waals surface area contributed by atoms with E-state index in [0.717, 1.165) is 5.56 Å². The van der Waals surface area contributed by atoms with Crippen LogP contribution < -0.4 is 14.8 Å². The van der Waals surface area contributed by atoms with Gasteiger partial charge in [-0.1, -0.05) is 6.07 Å². The first-order valence-corrected chi connectivity index (χ1v) is 5.84. The summed E-state index contributed by atoms with van der Waals surface area (Å²) < 4.78 is 10.3. The molecule has 1 N–H and O–H groups in total. The Morgan fingerprint density at radius 2 is 2.05 bits per heavy atom. The van der Waals surface area contributed by atoms with Crippen LogP contribution in [0, 0.1) is 6.92 Å². The van der Waals surface area contributed by atoms with Crippen LogP contribution >= 0.6 is 0 Å². The molecule has 0 aromatic carbocycles. The number of methoxy groups -OCH3 is 2. The minimum absolute atomic E-state index is 0.535. The van der Waals surface area contributed by atoms with Crippen molar-refractivity contribution < 1.29 is 9.47 Å². The topological polar surface area (TPSA) is 69.2 Å². The first-order chi connectivity index (χ1) is 9.22. The molecule has 0 spiro atoms. The zero-order valence-corrected chi connectivity index (χ0v) is 11.2. The maximum atomic E-state index is 5.19. The quantitative estimate of drug-likeness (QED) is 0.884. The Bertz CT molecular complexity index is 560. The number of hydrogen-bond donors (Lipinski definition) is 1. The maximum Gasteiger partial charge on any atom is 0.218 e. The van der Waals surface area contributed by atoms with Crippen LogP contribution in [0.1, 0.15) is 11.4 Å². The first-order valence-electron chi connectivity index (χ1n) is 5.84. The highest BCUT2D eigenvalue weighted by Gasteiger charge is 2.05. The number of hydrogen-bond acceptors (Lipinski definition) is 6. The molecule has 0 radical (unpaired) electrons. The molecular formula is C13H16N4O2. The fourth-order valence-electron chi connectivity index (χ4n) is 1.66. The highest BCUT2D eigenvalue weighted by atomic mass is 16.5. The predicted octanol–water partition coefficient (Wildman–Crippen LogP) is 1.81. The summed E-state index contributed by atoms with van der Waals surface area (Å²) in [6, 6.07) is 5.56.